The Balaban J connectivity index is 1.87. The van der Waals surface area contributed by atoms with E-state index >= 15 is 0 Å². The molecule has 1 aromatic rings. The first kappa shape index (κ1) is 16.9. The van der Waals surface area contributed by atoms with Gasteiger partial charge in [-0.1, -0.05) is 32.6 Å². The lowest BCUT2D eigenvalue weighted by Crippen LogP contribution is -2.32. The average Bonchev–Trinajstić information content (AvgIpc) is 3.17. The SMILES string of the molecule is COC(=O)c1cnc([C@@H](C)NC(=O)[C@H](C)CC2CCCC2)s1. The first-order chi connectivity index (χ1) is 10.5. The second-order valence-corrected chi connectivity index (χ2v) is 7.13. The van der Waals surface area contributed by atoms with Crippen LogP contribution in [-0.2, 0) is 9.53 Å². The van der Waals surface area contributed by atoms with E-state index in [0.717, 1.165) is 11.4 Å². The highest BCUT2D eigenvalue weighted by molar-refractivity contribution is 7.13. The van der Waals surface area contributed by atoms with E-state index in [1.807, 2.05) is 13.8 Å². The Morgan fingerprint density at radius 2 is 2.09 bits per heavy atom. The van der Waals surface area contributed by atoms with E-state index in [-0.39, 0.29) is 17.9 Å². The molecule has 0 radical (unpaired) electrons. The molecule has 122 valence electrons. The van der Waals surface area contributed by atoms with Crippen molar-refractivity contribution in [3.63, 3.8) is 0 Å². The summed E-state index contributed by atoms with van der Waals surface area (Å²) in [6, 6.07) is -0.193. The molecule has 2 rings (SSSR count). The van der Waals surface area contributed by atoms with E-state index in [1.165, 1.54) is 50.3 Å². The molecule has 5 nitrogen and oxygen atoms in total. The smallest absolute Gasteiger partial charge is 0.349 e. The van der Waals surface area contributed by atoms with E-state index in [2.05, 4.69) is 15.0 Å². The normalized spacial score (nSPS) is 18.0. The highest BCUT2D eigenvalue weighted by Gasteiger charge is 2.24. The Morgan fingerprint density at radius 3 is 2.73 bits per heavy atom. The van der Waals surface area contributed by atoms with Crippen LogP contribution in [0.2, 0.25) is 0 Å². The molecule has 1 heterocycles. The minimum absolute atomic E-state index is 0.0191. The second kappa shape index (κ2) is 7.72. The molecule has 0 spiro atoms. The van der Waals surface area contributed by atoms with Crippen LogP contribution in [0.3, 0.4) is 0 Å². The summed E-state index contributed by atoms with van der Waals surface area (Å²) in [6.45, 7) is 3.88. The van der Waals surface area contributed by atoms with E-state index in [9.17, 15) is 9.59 Å². The van der Waals surface area contributed by atoms with Crippen molar-refractivity contribution in [2.75, 3.05) is 7.11 Å². The molecular formula is C16H24N2O3S. The minimum atomic E-state index is -0.392. The van der Waals surface area contributed by atoms with Gasteiger partial charge in [0.15, 0.2) is 0 Å². The number of aromatic nitrogens is 1. The maximum Gasteiger partial charge on any atom is 0.349 e. The van der Waals surface area contributed by atoms with Gasteiger partial charge in [-0.3, -0.25) is 4.79 Å². The van der Waals surface area contributed by atoms with Crippen LogP contribution in [0, 0.1) is 11.8 Å². The van der Waals surface area contributed by atoms with Crippen molar-refractivity contribution >= 4 is 23.2 Å². The summed E-state index contributed by atoms with van der Waals surface area (Å²) in [5, 5.41) is 3.72. The van der Waals surface area contributed by atoms with Crippen LogP contribution in [0.4, 0.5) is 0 Å². The highest BCUT2D eigenvalue weighted by atomic mass is 32.1. The quantitative estimate of drug-likeness (QED) is 0.815. The summed E-state index contributed by atoms with van der Waals surface area (Å²) >= 11 is 1.26. The molecule has 22 heavy (non-hydrogen) atoms. The number of hydrogen-bond acceptors (Lipinski definition) is 5. The largest absolute Gasteiger partial charge is 0.465 e. The Labute approximate surface area is 135 Å². The lowest BCUT2D eigenvalue weighted by molar-refractivity contribution is -0.125. The zero-order chi connectivity index (χ0) is 16.1. The molecule has 0 aliphatic heterocycles. The van der Waals surface area contributed by atoms with Gasteiger partial charge >= 0.3 is 5.97 Å². The van der Waals surface area contributed by atoms with Crippen LogP contribution in [0.5, 0.6) is 0 Å². The number of rotatable bonds is 6. The maximum atomic E-state index is 12.3. The Kier molecular flexibility index (Phi) is 5.94. The lowest BCUT2D eigenvalue weighted by Gasteiger charge is -2.18. The van der Waals surface area contributed by atoms with Crippen LogP contribution in [0.1, 0.15) is 66.7 Å². The summed E-state index contributed by atoms with van der Waals surface area (Å²) in [7, 11) is 1.34. The van der Waals surface area contributed by atoms with Gasteiger partial charge in [0, 0.05) is 5.92 Å². The third-order valence-electron chi connectivity index (χ3n) is 4.25. The van der Waals surface area contributed by atoms with Gasteiger partial charge in [-0.25, -0.2) is 9.78 Å². The molecule has 0 saturated heterocycles. The number of carbonyl (C=O) groups excluding carboxylic acids is 2. The Bertz CT molecular complexity index is 523. The maximum absolute atomic E-state index is 12.3. The monoisotopic (exact) mass is 324 g/mol. The van der Waals surface area contributed by atoms with Crippen LogP contribution >= 0.6 is 11.3 Å². The molecule has 1 aromatic heterocycles. The summed E-state index contributed by atoms with van der Waals surface area (Å²) < 4.78 is 4.67. The minimum Gasteiger partial charge on any atom is -0.465 e. The molecule has 1 saturated carbocycles. The van der Waals surface area contributed by atoms with Gasteiger partial charge in [-0.15, -0.1) is 11.3 Å². The van der Waals surface area contributed by atoms with Crippen LogP contribution in [-0.4, -0.2) is 24.0 Å². The zero-order valence-corrected chi connectivity index (χ0v) is 14.2. The number of ether oxygens (including phenoxy) is 1. The van der Waals surface area contributed by atoms with Crippen molar-refractivity contribution in [2.45, 2.75) is 52.0 Å². The van der Waals surface area contributed by atoms with Crippen molar-refractivity contribution in [3.05, 3.63) is 16.1 Å². The van der Waals surface area contributed by atoms with Crippen molar-refractivity contribution in [1.29, 1.82) is 0 Å². The molecule has 1 N–H and O–H groups in total. The van der Waals surface area contributed by atoms with Gasteiger partial charge in [0.1, 0.15) is 9.88 Å². The molecule has 2 atom stereocenters. The number of esters is 1. The molecule has 1 aliphatic carbocycles. The highest BCUT2D eigenvalue weighted by Crippen LogP contribution is 2.30. The number of amides is 1. The predicted molar refractivity (Wildman–Crippen MR) is 85.8 cm³/mol. The summed E-state index contributed by atoms with van der Waals surface area (Å²) in [4.78, 5) is 28.4. The number of hydrogen-bond donors (Lipinski definition) is 1. The van der Waals surface area contributed by atoms with Crippen molar-refractivity contribution < 1.29 is 14.3 Å². The Morgan fingerprint density at radius 1 is 1.41 bits per heavy atom. The van der Waals surface area contributed by atoms with Crippen LogP contribution in [0.25, 0.3) is 0 Å². The number of methoxy groups -OCH3 is 1. The predicted octanol–water partition coefficient (Wildman–Crippen LogP) is 3.32. The van der Waals surface area contributed by atoms with Crippen molar-refractivity contribution in [2.24, 2.45) is 11.8 Å². The fourth-order valence-corrected chi connectivity index (χ4v) is 3.79. The first-order valence-corrected chi connectivity index (χ1v) is 8.67. The summed E-state index contributed by atoms with van der Waals surface area (Å²) in [5.74, 6) is 0.388. The zero-order valence-electron chi connectivity index (χ0n) is 13.4. The van der Waals surface area contributed by atoms with Gasteiger partial charge in [-0.2, -0.15) is 0 Å². The van der Waals surface area contributed by atoms with E-state index in [0.29, 0.717) is 10.8 Å². The lowest BCUT2D eigenvalue weighted by atomic mass is 9.94. The standard InChI is InChI=1S/C16H24N2O3S/c1-10(8-12-6-4-5-7-12)14(19)18-11(2)15-17-9-13(22-15)16(20)21-3/h9-12H,4-8H2,1-3H3,(H,18,19)/t10-,11-/m1/s1. The van der Waals surface area contributed by atoms with Crippen LogP contribution in [0.15, 0.2) is 6.20 Å². The average molecular weight is 324 g/mol. The molecular weight excluding hydrogens is 300 g/mol. The fourth-order valence-electron chi connectivity index (χ4n) is 2.95. The van der Waals surface area contributed by atoms with E-state index in [4.69, 9.17) is 0 Å². The number of thiazole rings is 1. The summed E-state index contributed by atoms with van der Waals surface area (Å²) in [6.07, 6.45) is 7.56. The molecule has 0 unspecified atom stereocenters. The third-order valence-corrected chi connectivity index (χ3v) is 5.41. The van der Waals surface area contributed by atoms with Gasteiger partial charge in [0.2, 0.25) is 5.91 Å². The van der Waals surface area contributed by atoms with Gasteiger partial charge in [0.25, 0.3) is 0 Å². The fraction of sp³-hybridized carbons (Fsp3) is 0.688. The van der Waals surface area contributed by atoms with Gasteiger partial charge < -0.3 is 10.1 Å². The second-order valence-electron chi connectivity index (χ2n) is 6.07. The van der Waals surface area contributed by atoms with Crippen molar-refractivity contribution in [1.82, 2.24) is 10.3 Å². The number of nitrogens with one attached hydrogen (secondary N) is 1. The molecule has 0 aromatic carbocycles. The molecule has 1 fully saturated rings. The first-order valence-electron chi connectivity index (χ1n) is 7.85. The Hall–Kier alpha value is -1.43. The van der Waals surface area contributed by atoms with E-state index < -0.39 is 5.97 Å². The molecule has 1 amide bonds. The number of carbonyl (C=O) groups is 2. The molecule has 6 heteroatoms. The third kappa shape index (κ3) is 4.29. The molecule has 0 bridgehead atoms. The summed E-state index contributed by atoms with van der Waals surface area (Å²) in [5.41, 5.74) is 0. The number of nitrogens with zero attached hydrogens (tertiary/aromatic N) is 1. The van der Waals surface area contributed by atoms with Crippen molar-refractivity contribution in [3.8, 4) is 0 Å². The van der Waals surface area contributed by atoms with Gasteiger partial charge in [-0.05, 0) is 19.3 Å². The molecule has 1 aliphatic rings. The van der Waals surface area contributed by atoms with Gasteiger partial charge in [0.05, 0.1) is 19.3 Å². The van der Waals surface area contributed by atoms with E-state index in [1.54, 1.807) is 0 Å². The topological polar surface area (TPSA) is 68.3 Å². The van der Waals surface area contributed by atoms with Crippen LogP contribution < -0.4 is 5.32 Å².